The second-order valence-electron chi connectivity index (χ2n) is 4.58. The Morgan fingerprint density at radius 2 is 2.17 bits per heavy atom. The van der Waals surface area contributed by atoms with E-state index in [4.69, 9.17) is 0 Å². The summed E-state index contributed by atoms with van der Waals surface area (Å²) in [4.78, 5) is 25.1. The Balaban J connectivity index is 1.98. The van der Waals surface area contributed by atoms with Gasteiger partial charge in [0.05, 0.1) is 28.6 Å². The number of nitrogens with zero attached hydrogens (tertiary/aromatic N) is 1. The van der Waals surface area contributed by atoms with E-state index in [1.54, 1.807) is 17.0 Å². The molecule has 0 atom stereocenters. The summed E-state index contributed by atoms with van der Waals surface area (Å²) in [5, 5.41) is 13.2. The van der Waals surface area contributed by atoms with Gasteiger partial charge in [0.1, 0.15) is 0 Å². The van der Waals surface area contributed by atoms with Crippen molar-refractivity contribution in [1.82, 2.24) is 4.90 Å². The first-order valence-corrected chi connectivity index (χ1v) is 6.64. The van der Waals surface area contributed by atoms with Gasteiger partial charge in [0.25, 0.3) is 5.91 Å². The van der Waals surface area contributed by atoms with E-state index in [0.717, 1.165) is 0 Å². The maximum Gasteiger partial charge on any atom is 0.264 e. The van der Waals surface area contributed by atoms with Crippen LogP contribution in [-0.2, 0) is 4.79 Å². The van der Waals surface area contributed by atoms with Crippen LogP contribution in [0.2, 0.25) is 0 Å². The van der Waals surface area contributed by atoms with E-state index in [0.29, 0.717) is 29.4 Å². The number of likely N-dealkylation sites (tertiary alicyclic amines) is 1. The molecule has 1 aromatic rings. The van der Waals surface area contributed by atoms with Gasteiger partial charge in [-0.2, -0.15) is 0 Å². The third-order valence-corrected chi connectivity index (χ3v) is 4.02. The van der Waals surface area contributed by atoms with Crippen LogP contribution in [0.15, 0.2) is 12.1 Å². The number of amides is 2. The van der Waals surface area contributed by atoms with E-state index in [9.17, 15) is 14.7 Å². The van der Waals surface area contributed by atoms with Crippen molar-refractivity contribution in [2.45, 2.75) is 25.9 Å². The van der Waals surface area contributed by atoms with Crippen molar-refractivity contribution in [2.75, 3.05) is 18.4 Å². The van der Waals surface area contributed by atoms with E-state index in [1.165, 1.54) is 18.3 Å². The fraction of sp³-hybridized carbons (Fsp3) is 0.500. The smallest absolute Gasteiger partial charge is 0.264 e. The minimum atomic E-state index is -0.715. The first-order valence-electron chi connectivity index (χ1n) is 5.82. The van der Waals surface area contributed by atoms with Crippen molar-refractivity contribution in [2.24, 2.45) is 0 Å². The molecule has 0 bridgehead atoms. The average molecular weight is 268 g/mol. The molecule has 1 saturated heterocycles. The normalized spacial score (nSPS) is 17.2. The maximum atomic E-state index is 12.0. The molecule has 6 heteroatoms. The second kappa shape index (κ2) is 4.70. The summed E-state index contributed by atoms with van der Waals surface area (Å²) in [6.07, 6.45) is 0.651. The van der Waals surface area contributed by atoms with Crippen molar-refractivity contribution in [3.63, 3.8) is 0 Å². The lowest BCUT2D eigenvalue weighted by Crippen LogP contribution is -2.63. The van der Waals surface area contributed by atoms with Gasteiger partial charge >= 0.3 is 0 Å². The van der Waals surface area contributed by atoms with Gasteiger partial charge in [-0.05, 0) is 18.6 Å². The van der Waals surface area contributed by atoms with Gasteiger partial charge in [0, 0.05) is 6.92 Å². The molecule has 0 radical (unpaired) electrons. The zero-order chi connectivity index (χ0) is 13.3. The zero-order valence-electron chi connectivity index (χ0n) is 10.4. The number of hydrogen-bond donors (Lipinski definition) is 2. The molecule has 0 unspecified atom stereocenters. The zero-order valence-corrected chi connectivity index (χ0v) is 11.2. The molecule has 2 amide bonds. The van der Waals surface area contributed by atoms with Crippen LogP contribution in [0.4, 0.5) is 5.00 Å². The summed E-state index contributed by atoms with van der Waals surface area (Å²) in [5.41, 5.74) is -0.715. The average Bonchev–Trinajstić information content (AvgIpc) is 2.71. The molecule has 2 N–H and O–H groups in total. The highest BCUT2D eigenvalue weighted by Crippen LogP contribution is 2.29. The molecule has 1 fully saturated rings. The number of carbonyl (C=O) groups is 2. The molecule has 0 spiro atoms. The monoisotopic (exact) mass is 268 g/mol. The van der Waals surface area contributed by atoms with E-state index in [1.807, 2.05) is 6.92 Å². The molecule has 2 heterocycles. The molecule has 98 valence electrons. The molecular formula is C12H16N2O3S. The molecule has 0 aliphatic carbocycles. The van der Waals surface area contributed by atoms with Gasteiger partial charge < -0.3 is 15.3 Å². The Labute approximate surface area is 109 Å². The van der Waals surface area contributed by atoms with Crippen LogP contribution >= 0.6 is 11.3 Å². The van der Waals surface area contributed by atoms with Crippen LogP contribution in [0, 0.1) is 0 Å². The number of thiophene rings is 1. The topological polar surface area (TPSA) is 69.6 Å². The standard InChI is InChI=1S/C12H16N2O3S/c1-3-12(17)6-14(7-12)11(16)9-4-5-10(18-9)13-8(2)15/h4-5,17H,3,6-7H2,1-2H3,(H,13,15). The minimum Gasteiger partial charge on any atom is -0.386 e. The minimum absolute atomic E-state index is 0.0882. The van der Waals surface area contributed by atoms with E-state index in [-0.39, 0.29) is 11.8 Å². The molecule has 5 nitrogen and oxygen atoms in total. The third-order valence-electron chi connectivity index (χ3n) is 3.03. The molecule has 1 aliphatic rings. The summed E-state index contributed by atoms with van der Waals surface area (Å²) in [6, 6.07) is 3.41. The number of hydrogen-bond acceptors (Lipinski definition) is 4. The molecule has 2 rings (SSSR count). The van der Waals surface area contributed by atoms with Crippen LogP contribution in [0.25, 0.3) is 0 Å². The highest BCUT2D eigenvalue weighted by atomic mass is 32.1. The first kappa shape index (κ1) is 13.0. The van der Waals surface area contributed by atoms with Crippen LogP contribution in [-0.4, -0.2) is 40.5 Å². The summed E-state index contributed by atoms with van der Waals surface area (Å²) < 4.78 is 0. The van der Waals surface area contributed by atoms with E-state index in [2.05, 4.69) is 5.32 Å². The lowest BCUT2D eigenvalue weighted by Gasteiger charge is -2.45. The van der Waals surface area contributed by atoms with Crippen molar-refractivity contribution >= 4 is 28.2 Å². The highest BCUT2D eigenvalue weighted by molar-refractivity contribution is 7.18. The van der Waals surface area contributed by atoms with Crippen LogP contribution in [0.1, 0.15) is 29.9 Å². The quantitative estimate of drug-likeness (QED) is 0.868. The third kappa shape index (κ3) is 2.54. The summed E-state index contributed by atoms with van der Waals surface area (Å²) in [5.74, 6) is -0.241. The fourth-order valence-electron chi connectivity index (χ4n) is 1.88. The Bertz CT molecular complexity index is 477. The SMILES string of the molecule is CCC1(O)CN(C(=O)c2ccc(NC(C)=O)s2)C1. The molecule has 18 heavy (non-hydrogen) atoms. The number of anilines is 1. The Hall–Kier alpha value is -1.40. The molecule has 1 aliphatic heterocycles. The number of aliphatic hydroxyl groups is 1. The summed E-state index contributed by atoms with van der Waals surface area (Å²) in [6.45, 7) is 4.10. The molecule has 0 aromatic carbocycles. The van der Waals surface area contributed by atoms with Gasteiger partial charge in [-0.25, -0.2) is 0 Å². The van der Waals surface area contributed by atoms with Gasteiger partial charge in [0.2, 0.25) is 5.91 Å². The number of rotatable bonds is 3. The predicted octanol–water partition coefficient (Wildman–Crippen LogP) is 1.30. The lowest BCUT2D eigenvalue weighted by molar-refractivity contribution is -0.114. The van der Waals surface area contributed by atoms with Gasteiger partial charge in [-0.3, -0.25) is 9.59 Å². The van der Waals surface area contributed by atoms with Crippen LogP contribution < -0.4 is 5.32 Å². The van der Waals surface area contributed by atoms with Gasteiger partial charge in [-0.1, -0.05) is 6.92 Å². The number of nitrogens with one attached hydrogen (secondary N) is 1. The number of β-amino-alcohol motifs (C(OH)–C–C–N with tert-alkyl or cyclic N) is 1. The largest absolute Gasteiger partial charge is 0.386 e. The fourth-order valence-corrected chi connectivity index (χ4v) is 2.80. The van der Waals surface area contributed by atoms with Gasteiger partial charge in [-0.15, -0.1) is 11.3 Å². The first-order chi connectivity index (χ1) is 8.43. The second-order valence-corrected chi connectivity index (χ2v) is 5.67. The van der Waals surface area contributed by atoms with E-state index >= 15 is 0 Å². The van der Waals surface area contributed by atoms with Crippen molar-refractivity contribution < 1.29 is 14.7 Å². The summed E-state index contributed by atoms with van der Waals surface area (Å²) >= 11 is 1.25. The van der Waals surface area contributed by atoms with Crippen LogP contribution in [0.3, 0.4) is 0 Å². The van der Waals surface area contributed by atoms with E-state index < -0.39 is 5.60 Å². The Kier molecular flexibility index (Phi) is 3.41. The summed E-state index contributed by atoms with van der Waals surface area (Å²) in [7, 11) is 0. The Morgan fingerprint density at radius 3 is 2.72 bits per heavy atom. The molecule has 1 aromatic heterocycles. The highest BCUT2D eigenvalue weighted by Gasteiger charge is 2.42. The van der Waals surface area contributed by atoms with Crippen molar-refractivity contribution in [3.05, 3.63) is 17.0 Å². The van der Waals surface area contributed by atoms with Crippen LogP contribution in [0.5, 0.6) is 0 Å². The maximum absolute atomic E-state index is 12.0. The van der Waals surface area contributed by atoms with Crippen molar-refractivity contribution in [3.8, 4) is 0 Å². The number of carbonyl (C=O) groups excluding carboxylic acids is 2. The van der Waals surface area contributed by atoms with Crippen molar-refractivity contribution in [1.29, 1.82) is 0 Å². The lowest BCUT2D eigenvalue weighted by atomic mass is 9.91. The predicted molar refractivity (Wildman–Crippen MR) is 69.8 cm³/mol. The molecule has 0 saturated carbocycles. The van der Waals surface area contributed by atoms with Gasteiger partial charge in [0.15, 0.2) is 0 Å². The Morgan fingerprint density at radius 1 is 1.50 bits per heavy atom. The molecular weight excluding hydrogens is 252 g/mol.